The van der Waals surface area contributed by atoms with Crippen molar-refractivity contribution >= 4 is 0 Å². The predicted molar refractivity (Wildman–Crippen MR) is 78.2 cm³/mol. The summed E-state index contributed by atoms with van der Waals surface area (Å²) in [6, 6.07) is 2.15. The Morgan fingerprint density at radius 3 is 2.79 bits per heavy atom. The summed E-state index contributed by atoms with van der Waals surface area (Å²) in [5.74, 6) is 2.04. The Bertz CT molecular complexity index is 361. The van der Waals surface area contributed by atoms with Crippen LogP contribution in [-0.4, -0.2) is 37.7 Å². The predicted octanol–water partition coefficient (Wildman–Crippen LogP) is 2.55. The van der Waals surface area contributed by atoms with Crippen molar-refractivity contribution in [3.8, 4) is 0 Å². The van der Waals surface area contributed by atoms with Gasteiger partial charge in [-0.2, -0.15) is 0 Å². The van der Waals surface area contributed by atoms with Crippen LogP contribution in [0.4, 0.5) is 0 Å². The molecule has 0 fully saturated rings. The number of furan rings is 1. The molecule has 0 saturated carbocycles. The van der Waals surface area contributed by atoms with Crippen LogP contribution in [0.2, 0.25) is 0 Å². The van der Waals surface area contributed by atoms with Crippen LogP contribution in [-0.2, 0) is 17.8 Å². The van der Waals surface area contributed by atoms with E-state index in [0.29, 0.717) is 6.10 Å². The first-order valence-corrected chi connectivity index (χ1v) is 7.12. The first kappa shape index (κ1) is 16.2. The number of rotatable bonds is 9. The summed E-state index contributed by atoms with van der Waals surface area (Å²) < 4.78 is 11.3. The first-order chi connectivity index (χ1) is 9.02. The molecule has 4 nitrogen and oxygen atoms in total. The van der Waals surface area contributed by atoms with E-state index in [0.717, 1.165) is 44.3 Å². The Labute approximate surface area is 117 Å². The number of likely N-dealkylation sites (N-methyl/N-ethyl adjacent to an activating group) is 1. The van der Waals surface area contributed by atoms with Gasteiger partial charge in [-0.15, -0.1) is 0 Å². The molecule has 0 bridgehead atoms. The number of nitrogens with one attached hydrogen (secondary N) is 1. The van der Waals surface area contributed by atoms with Gasteiger partial charge in [-0.05, 0) is 40.4 Å². The van der Waals surface area contributed by atoms with Crippen molar-refractivity contribution in [1.82, 2.24) is 10.2 Å². The molecule has 0 aliphatic carbocycles. The van der Waals surface area contributed by atoms with Crippen LogP contribution in [0.1, 0.15) is 37.9 Å². The molecular formula is C15H28N2O2. The van der Waals surface area contributed by atoms with E-state index >= 15 is 0 Å². The van der Waals surface area contributed by atoms with Gasteiger partial charge in [-0.1, -0.05) is 6.92 Å². The van der Waals surface area contributed by atoms with Crippen LogP contribution >= 0.6 is 0 Å². The molecule has 0 saturated heterocycles. The number of aryl methyl sites for hydroxylation is 1. The largest absolute Gasteiger partial charge is 0.465 e. The minimum absolute atomic E-state index is 0.297. The van der Waals surface area contributed by atoms with Crippen molar-refractivity contribution < 1.29 is 9.15 Å². The van der Waals surface area contributed by atoms with Crippen molar-refractivity contribution in [2.24, 2.45) is 0 Å². The highest BCUT2D eigenvalue weighted by Crippen LogP contribution is 2.15. The average Bonchev–Trinajstić information content (AvgIpc) is 2.66. The van der Waals surface area contributed by atoms with E-state index in [1.165, 1.54) is 5.56 Å². The highest BCUT2D eigenvalue weighted by molar-refractivity contribution is 5.20. The minimum Gasteiger partial charge on any atom is -0.465 e. The molecule has 110 valence electrons. The van der Waals surface area contributed by atoms with Gasteiger partial charge >= 0.3 is 0 Å². The number of nitrogens with zero attached hydrogens (tertiary/aromatic N) is 1. The molecule has 0 aliphatic rings. The van der Waals surface area contributed by atoms with Crippen LogP contribution < -0.4 is 5.32 Å². The quantitative estimate of drug-likeness (QED) is 0.747. The zero-order valence-corrected chi connectivity index (χ0v) is 13.0. The molecule has 1 aromatic heterocycles. The summed E-state index contributed by atoms with van der Waals surface area (Å²) in [6.07, 6.45) is 0.297. The van der Waals surface area contributed by atoms with Gasteiger partial charge < -0.3 is 14.5 Å². The summed E-state index contributed by atoms with van der Waals surface area (Å²) in [5.41, 5.74) is 1.25. The molecule has 0 unspecified atom stereocenters. The van der Waals surface area contributed by atoms with Crippen molar-refractivity contribution in [2.45, 2.75) is 46.9 Å². The van der Waals surface area contributed by atoms with Gasteiger partial charge in [0.2, 0.25) is 0 Å². The van der Waals surface area contributed by atoms with E-state index < -0.39 is 0 Å². The molecule has 0 amide bonds. The van der Waals surface area contributed by atoms with Gasteiger partial charge in [0.15, 0.2) is 0 Å². The summed E-state index contributed by atoms with van der Waals surface area (Å²) in [4.78, 5) is 2.22. The van der Waals surface area contributed by atoms with Crippen LogP contribution in [0.15, 0.2) is 10.5 Å². The molecule has 0 radical (unpaired) electrons. The van der Waals surface area contributed by atoms with Gasteiger partial charge in [0.25, 0.3) is 0 Å². The fourth-order valence-corrected chi connectivity index (χ4v) is 1.89. The number of ether oxygens (including phenoxy) is 1. The molecule has 1 N–H and O–H groups in total. The molecule has 1 aromatic rings. The van der Waals surface area contributed by atoms with Gasteiger partial charge in [0, 0.05) is 18.7 Å². The van der Waals surface area contributed by atoms with Gasteiger partial charge in [0.05, 0.1) is 19.3 Å². The third-order valence-electron chi connectivity index (χ3n) is 2.99. The standard InChI is InChI=1S/C15H28N2O2/c1-6-16-10-14-9-15(19-13(14)4)11-17(5)7-8-18-12(2)3/h9,12,16H,6-8,10-11H2,1-5H3. The fraction of sp³-hybridized carbons (Fsp3) is 0.733. The SMILES string of the molecule is CCNCc1cc(CN(C)CCOC(C)C)oc1C. The van der Waals surface area contributed by atoms with Crippen molar-refractivity contribution in [3.05, 3.63) is 23.2 Å². The maximum absolute atomic E-state index is 5.79. The second-order valence-electron chi connectivity index (χ2n) is 5.23. The molecule has 0 aromatic carbocycles. The van der Waals surface area contributed by atoms with E-state index in [-0.39, 0.29) is 0 Å². The Kier molecular flexibility index (Phi) is 7.13. The Balaban J connectivity index is 2.39. The van der Waals surface area contributed by atoms with Crippen LogP contribution in [0.5, 0.6) is 0 Å². The van der Waals surface area contributed by atoms with Gasteiger partial charge in [-0.25, -0.2) is 0 Å². The molecule has 1 rings (SSSR count). The van der Waals surface area contributed by atoms with Crippen LogP contribution in [0.25, 0.3) is 0 Å². The maximum atomic E-state index is 5.79. The normalized spacial score (nSPS) is 11.7. The maximum Gasteiger partial charge on any atom is 0.118 e. The lowest BCUT2D eigenvalue weighted by molar-refractivity contribution is 0.0616. The molecule has 0 spiro atoms. The second kappa shape index (κ2) is 8.35. The summed E-state index contributed by atoms with van der Waals surface area (Å²) in [7, 11) is 2.09. The van der Waals surface area contributed by atoms with Gasteiger partial charge in [-0.3, -0.25) is 4.90 Å². The summed E-state index contributed by atoms with van der Waals surface area (Å²) in [6.45, 7) is 12.6. The van der Waals surface area contributed by atoms with Crippen molar-refractivity contribution in [2.75, 3.05) is 26.7 Å². The Hall–Kier alpha value is -0.840. The number of hydrogen-bond donors (Lipinski definition) is 1. The van der Waals surface area contributed by atoms with E-state index in [1.807, 2.05) is 6.92 Å². The molecular weight excluding hydrogens is 240 g/mol. The fourth-order valence-electron chi connectivity index (χ4n) is 1.89. The van der Waals surface area contributed by atoms with E-state index in [4.69, 9.17) is 9.15 Å². The lowest BCUT2D eigenvalue weighted by Gasteiger charge is -2.16. The molecule has 4 heteroatoms. The van der Waals surface area contributed by atoms with E-state index in [2.05, 4.69) is 44.1 Å². The monoisotopic (exact) mass is 268 g/mol. The molecule has 19 heavy (non-hydrogen) atoms. The Morgan fingerprint density at radius 2 is 2.16 bits per heavy atom. The topological polar surface area (TPSA) is 37.6 Å². The Morgan fingerprint density at radius 1 is 1.42 bits per heavy atom. The lowest BCUT2D eigenvalue weighted by atomic mass is 10.2. The minimum atomic E-state index is 0.297. The van der Waals surface area contributed by atoms with Crippen molar-refractivity contribution in [1.29, 1.82) is 0 Å². The highest BCUT2D eigenvalue weighted by Gasteiger charge is 2.09. The zero-order chi connectivity index (χ0) is 14.3. The highest BCUT2D eigenvalue weighted by atomic mass is 16.5. The average molecular weight is 268 g/mol. The number of hydrogen-bond acceptors (Lipinski definition) is 4. The summed E-state index contributed by atoms with van der Waals surface area (Å²) in [5, 5.41) is 3.33. The second-order valence-corrected chi connectivity index (χ2v) is 5.23. The van der Waals surface area contributed by atoms with E-state index in [9.17, 15) is 0 Å². The van der Waals surface area contributed by atoms with Crippen LogP contribution in [0, 0.1) is 6.92 Å². The van der Waals surface area contributed by atoms with Crippen molar-refractivity contribution in [3.63, 3.8) is 0 Å². The molecule has 0 atom stereocenters. The zero-order valence-electron chi connectivity index (χ0n) is 13.0. The molecule has 0 aliphatic heterocycles. The third kappa shape index (κ3) is 6.23. The van der Waals surface area contributed by atoms with Crippen LogP contribution in [0.3, 0.4) is 0 Å². The van der Waals surface area contributed by atoms with Gasteiger partial charge in [0.1, 0.15) is 11.5 Å². The summed E-state index contributed by atoms with van der Waals surface area (Å²) >= 11 is 0. The third-order valence-corrected chi connectivity index (χ3v) is 2.99. The van der Waals surface area contributed by atoms with E-state index in [1.54, 1.807) is 0 Å². The molecule has 1 heterocycles. The smallest absolute Gasteiger partial charge is 0.118 e. The lowest BCUT2D eigenvalue weighted by Crippen LogP contribution is -2.23. The first-order valence-electron chi connectivity index (χ1n) is 7.12.